The molecule has 0 aliphatic carbocycles. The van der Waals surface area contributed by atoms with Gasteiger partial charge >= 0.3 is 5.97 Å². The Morgan fingerprint density at radius 1 is 0.850 bits per heavy atom. The molecule has 1 heterocycles. The van der Waals surface area contributed by atoms with E-state index in [1.807, 2.05) is 60.7 Å². The maximum Gasteiger partial charge on any atom is 0.339 e. The number of fused-ring (bicyclic) bond motifs is 1. The van der Waals surface area contributed by atoms with Gasteiger partial charge in [0.1, 0.15) is 18.1 Å². The van der Waals surface area contributed by atoms with Crippen molar-refractivity contribution in [2.45, 2.75) is 13.0 Å². The lowest BCUT2D eigenvalue weighted by molar-refractivity contribution is -0.115. The molecule has 4 aromatic carbocycles. The normalized spacial score (nSPS) is 10.7. The van der Waals surface area contributed by atoms with Crippen molar-refractivity contribution in [1.29, 1.82) is 0 Å². The number of aromatic nitrogens is 1. The van der Waals surface area contributed by atoms with Crippen molar-refractivity contribution in [3.63, 3.8) is 0 Å². The third-order valence-electron chi connectivity index (χ3n) is 6.13. The van der Waals surface area contributed by atoms with Crippen LogP contribution >= 0.6 is 11.6 Å². The number of carbonyl (C=O) groups is 2. The summed E-state index contributed by atoms with van der Waals surface area (Å²) in [6, 6.07) is 29.4. The van der Waals surface area contributed by atoms with Gasteiger partial charge < -0.3 is 19.5 Å². The number of pyridine rings is 1. The van der Waals surface area contributed by atoms with Gasteiger partial charge in [-0.05, 0) is 58.8 Å². The van der Waals surface area contributed by atoms with Crippen LogP contribution < -0.4 is 14.8 Å². The number of hydrogen-bond donors (Lipinski definition) is 1. The Morgan fingerprint density at radius 3 is 2.33 bits per heavy atom. The molecule has 40 heavy (non-hydrogen) atoms. The standard InChI is InChI=1S/C32H25ClN2O5/c1-38-32(37)27-7-3-5-9-29(27)35-30(36)16-21-10-15-31(34-19-21)40-26-14-12-22-17-25(13-11-23(22)18-26)39-20-24-6-2-4-8-28(24)33/h2-15,17-19H,16,20H2,1H3,(H,35,36). The molecule has 5 rings (SSSR count). The highest BCUT2D eigenvalue weighted by atomic mass is 35.5. The molecule has 0 unspecified atom stereocenters. The molecule has 0 fully saturated rings. The van der Waals surface area contributed by atoms with E-state index < -0.39 is 5.97 Å². The van der Waals surface area contributed by atoms with Crippen molar-refractivity contribution in [2.24, 2.45) is 0 Å². The van der Waals surface area contributed by atoms with Crippen molar-refractivity contribution in [3.8, 4) is 17.4 Å². The van der Waals surface area contributed by atoms with Crippen LogP contribution in [0.5, 0.6) is 17.4 Å². The van der Waals surface area contributed by atoms with Crippen LogP contribution in [0.2, 0.25) is 5.02 Å². The van der Waals surface area contributed by atoms with Crippen molar-refractivity contribution in [3.05, 3.63) is 125 Å². The molecule has 8 heteroatoms. The Morgan fingerprint density at radius 2 is 1.57 bits per heavy atom. The molecule has 0 radical (unpaired) electrons. The number of para-hydroxylation sites is 1. The maximum atomic E-state index is 12.6. The van der Waals surface area contributed by atoms with Gasteiger partial charge in [0.15, 0.2) is 0 Å². The summed E-state index contributed by atoms with van der Waals surface area (Å²) < 4.78 is 16.6. The average molecular weight is 553 g/mol. The number of hydrogen-bond acceptors (Lipinski definition) is 6. The summed E-state index contributed by atoms with van der Waals surface area (Å²) in [5.74, 6) is 0.983. The molecule has 1 amide bonds. The van der Waals surface area contributed by atoms with E-state index in [0.29, 0.717) is 34.5 Å². The fourth-order valence-corrected chi connectivity index (χ4v) is 4.28. The summed E-state index contributed by atoms with van der Waals surface area (Å²) in [7, 11) is 1.30. The Labute approximate surface area is 236 Å². The summed E-state index contributed by atoms with van der Waals surface area (Å²) in [5.41, 5.74) is 2.30. The number of halogens is 1. The van der Waals surface area contributed by atoms with Crippen molar-refractivity contribution < 1.29 is 23.8 Å². The number of methoxy groups -OCH3 is 1. The molecule has 200 valence electrons. The monoisotopic (exact) mass is 552 g/mol. The van der Waals surface area contributed by atoms with Gasteiger partial charge in [-0.25, -0.2) is 9.78 Å². The molecule has 7 nitrogen and oxygen atoms in total. The molecular weight excluding hydrogens is 528 g/mol. The second-order valence-electron chi connectivity index (χ2n) is 8.92. The number of nitrogens with one attached hydrogen (secondary N) is 1. The average Bonchev–Trinajstić information content (AvgIpc) is 2.97. The Bertz CT molecular complexity index is 1670. The minimum Gasteiger partial charge on any atom is -0.489 e. The number of esters is 1. The van der Waals surface area contributed by atoms with Crippen LogP contribution in [0, 0.1) is 0 Å². The first-order valence-electron chi connectivity index (χ1n) is 12.5. The molecule has 0 atom stereocenters. The SMILES string of the molecule is COC(=O)c1ccccc1NC(=O)Cc1ccc(Oc2ccc3cc(OCc4ccccc4Cl)ccc3c2)nc1. The summed E-state index contributed by atoms with van der Waals surface area (Å²) in [4.78, 5) is 28.8. The van der Waals surface area contributed by atoms with Crippen LogP contribution in [0.25, 0.3) is 10.8 Å². The van der Waals surface area contributed by atoms with E-state index in [2.05, 4.69) is 10.3 Å². The molecule has 0 aliphatic heterocycles. The van der Waals surface area contributed by atoms with E-state index in [1.54, 1.807) is 42.6 Å². The predicted molar refractivity (Wildman–Crippen MR) is 154 cm³/mol. The molecule has 1 aromatic heterocycles. The van der Waals surface area contributed by atoms with Gasteiger partial charge in [0.2, 0.25) is 11.8 Å². The Hall–Kier alpha value is -4.88. The molecule has 0 spiro atoms. The van der Waals surface area contributed by atoms with Crippen molar-refractivity contribution in [1.82, 2.24) is 4.98 Å². The number of anilines is 1. The van der Waals surface area contributed by atoms with Gasteiger partial charge in [-0.2, -0.15) is 0 Å². The largest absolute Gasteiger partial charge is 0.489 e. The Kier molecular flexibility index (Phi) is 8.23. The number of carbonyl (C=O) groups excluding carboxylic acids is 2. The maximum absolute atomic E-state index is 12.6. The van der Waals surface area contributed by atoms with Gasteiger partial charge in [-0.1, -0.05) is 60.1 Å². The van der Waals surface area contributed by atoms with E-state index in [0.717, 1.165) is 22.1 Å². The van der Waals surface area contributed by atoms with Crippen LogP contribution in [-0.4, -0.2) is 24.0 Å². The molecule has 0 bridgehead atoms. The van der Waals surface area contributed by atoms with Gasteiger partial charge in [-0.15, -0.1) is 0 Å². The van der Waals surface area contributed by atoms with Crippen LogP contribution in [0.15, 0.2) is 103 Å². The van der Waals surface area contributed by atoms with Crippen LogP contribution in [0.3, 0.4) is 0 Å². The summed E-state index contributed by atoms with van der Waals surface area (Å²) in [5, 5.41) is 5.43. The minimum atomic E-state index is -0.519. The van der Waals surface area contributed by atoms with Gasteiger partial charge in [0, 0.05) is 22.8 Å². The number of rotatable bonds is 9. The first kappa shape index (κ1) is 26.7. The zero-order valence-electron chi connectivity index (χ0n) is 21.6. The first-order chi connectivity index (χ1) is 19.5. The van der Waals surface area contributed by atoms with E-state index in [9.17, 15) is 9.59 Å². The third-order valence-corrected chi connectivity index (χ3v) is 6.50. The molecule has 0 saturated carbocycles. The lowest BCUT2D eigenvalue weighted by atomic mass is 10.1. The molecule has 1 N–H and O–H groups in total. The van der Waals surface area contributed by atoms with Crippen molar-refractivity contribution in [2.75, 3.05) is 12.4 Å². The Balaban J connectivity index is 1.19. The highest BCUT2D eigenvalue weighted by molar-refractivity contribution is 6.31. The third kappa shape index (κ3) is 6.57. The van der Waals surface area contributed by atoms with Crippen LogP contribution in [-0.2, 0) is 22.6 Å². The lowest BCUT2D eigenvalue weighted by Crippen LogP contribution is -2.17. The molecule has 0 saturated heterocycles. The van der Waals surface area contributed by atoms with Gasteiger partial charge in [-0.3, -0.25) is 4.79 Å². The van der Waals surface area contributed by atoms with E-state index >= 15 is 0 Å². The fourth-order valence-electron chi connectivity index (χ4n) is 4.09. The number of amides is 1. The second kappa shape index (κ2) is 12.3. The molecule has 0 aliphatic rings. The summed E-state index contributed by atoms with van der Waals surface area (Å²) in [6.45, 7) is 0.385. The number of benzene rings is 4. The van der Waals surface area contributed by atoms with Gasteiger partial charge in [0.05, 0.1) is 24.8 Å². The smallest absolute Gasteiger partial charge is 0.339 e. The first-order valence-corrected chi connectivity index (χ1v) is 12.9. The van der Waals surface area contributed by atoms with E-state index in [1.165, 1.54) is 7.11 Å². The minimum absolute atomic E-state index is 0.0830. The van der Waals surface area contributed by atoms with E-state index in [-0.39, 0.29) is 17.9 Å². The zero-order chi connectivity index (χ0) is 27.9. The van der Waals surface area contributed by atoms with Crippen LogP contribution in [0.1, 0.15) is 21.5 Å². The lowest BCUT2D eigenvalue weighted by Gasteiger charge is -2.11. The summed E-state index contributed by atoms with van der Waals surface area (Å²) >= 11 is 6.22. The van der Waals surface area contributed by atoms with Crippen LogP contribution in [0.4, 0.5) is 5.69 Å². The zero-order valence-corrected chi connectivity index (χ0v) is 22.4. The topological polar surface area (TPSA) is 86.8 Å². The highest BCUT2D eigenvalue weighted by Gasteiger charge is 2.14. The fraction of sp³-hybridized carbons (Fsp3) is 0.0938. The highest BCUT2D eigenvalue weighted by Crippen LogP contribution is 2.28. The molecule has 5 aromatic rings. The second-order valence-corrected chi connectivity index (χ2v) is 9.33. The van der Waals surface area contributed by atoms with Gasteiger partial charge in [0.25, 0.3) is 0 Å². The van der Waals surface area contributed by atoms with Crippen molar-refractivity contribution >= 4 is 39.9 Å². The quantitative estimate of drug-likeness (QED) is 0.194. The number of nitrogens with zero attached hydrogens (tertiary/aromatic N) is 1. The predicted octanol–water partition coefficient (Wildman–Crippen LogP) is 7.23. The van der Waals surface area contributed by atoms with E-state index in [4.69, 9.17) is 25.8 Å². The summed E-state index contributed by atoms with van der Waals surface area (Å²) in [6.07, 6.45) is 1.67. The number of ether oxygens (including phenoxy) is 3. The molecular formula is C32H25ClN2O5.